The molecule has 1 aromatic carbocycles. The van der Waals surface area contributed by atoms with E-state index < -0.39 is 10.0 Å². The number of carbonyl (C=O) groups excluding carboxylic acids is 1. The Kier molecular flexibility index (Phi) is 6.69. The summed E-state index contributed by atoms with van der Waals surface area (Å²) in [5.41, 5.74) is -0.0402. The van der Waals surface area contributed by atoms with Gasteiger partial charge in [0.1, 0.15) is 10.6 Å². The van der Waals surface area contributed by atoms with E-state index in [2.05, 4.69) is 5.32 Å². The average Bonchev–Trinajstić information content (AvgIpc) is 2.90. The number of benzene rings is 1. The van der Waals surface area contributed by atoms with E-state index in [1.165, 1.54) is 17.5 Å². The van der Waals surface area contributed by atoms with E-state index in [-0.39, 0.29) is 22.1 Å². The summed E-state index contributed by atoms with van der Waals surface area (Å²) in [5, 5.41) is 2.94. The van der Waals surface area contributed by atoms with E-state index in [1.54, 1.807) is 12.1 Å². The number of ether oxygens (including phenoxy) is 1. The monoisotopic (exact) mass is 382 g/mol. The Labute approximate surface area is 157 Å². The van der Waals surface area contributed by atoms with Crippen molar-refractivity contribution in [2.24, 2.45) is 0 Å². The molecule has 26 heavy (non-hydrogen) atoms. The van der Waals surface area contributed by atoms with Gasteiger partial charge in [0.2, 0.25) is 10.0 Å². The van der Waals surface area contributed by atoms with Gasteiger partial charge < -0.3 is 10.1 Å². The third kappa shape index (κ3) is 4.76. The molecule has 0 bridgehead atoms. The lowest BCUT2D eigenvalue weighted by atomic mass is 10.0. The van der Waals surface area contributed by atoms with Crippen molar-refractivity contribution in [3.8, 4) is 5.75 Å². The molecule has 0 radical (unpaired) electrons. The molecule has 1 amide bonds. The van der Waals surface area contributed by atoms with Crippen LogP contribution in [0.15, 0.2) is 23.1 Å². The Morgan fingerprint density at radius 3 is 2.35 bits per heavy atom. The fourth-order valence-corrected chi connectivity index (χ4v) is 4.61. The summed E-state index contributed by atoms with van der Waals surface area (Å²) in [6.07, 6.45) is 4.56. The fourth-order valence-electron chi connectivity index (χ4n) is 2.91. The topological polar surface area (TPSA) is 75.7 Å². The van der Waals surface area contributed by atoms with Crippen LogP contribution in [0.1, 0.15) is 63.2 Å². The average molecular weight is 383 g/mol. The minimum Gasteiger partial charge on any atom is -0.495 e. The molecule has 0 saturated carbocycles. The van der Waals surface area contributed by atoms with E-state index >= 15 is 0 Å². The number of nitrogens with one attached hydrogen (secondary N) is 1. The molecule has 1 aromatic rings. The molecule has 0 unspecified atom stereocenters. The molecule has 1 aliphatic heterocycles. The molecule has 1 saturated heterocycles. The second-order valence-corrected chi connectivity index (χ2v) is 9.28. The summed E-state index contributed by atoms with van der Waals surface area (Å²) in [6.45, 7) is 6.87. The zero-order valence-corrected chi connectivity index (χ0v) is 17.0. The van der Waals surface area contributed by atoms with Crippen molar-refractivity contribution in [1.29, 1.82) is 0 Å². The second kappa shape index (κ2) is 8.39. The molecule has 0 atom stereocenters. The first-order chi connectivity index (χ1) is 12.2. The molecule has 1 N–H and O–H groups in total. The Morgan fingerprint density at radius 1 is 1.19 bits per heavy atom. The van der Waals surface area contributed by atoms with Gasteiger partial charge in [-0.25, -0.2) is 8.42 Å². The van der Waals surface area contributed by atoms with Crippen molar-refractivity contribution in [2.75, 3.05) is 20.2 Å². The summed E-state index contributed by atoms with van der Waals surface area (Å²) >= 11 is 0. The molecule has 7 heteroatoms. The third-order valence-corrected chi connectivity index (χ3v) is 6.86. The third-order valence-electron chi connectivity index (χ3n) is 4.94. The molecule has 0 aliphatic carbocycles. The van der Waals surface area contributed by atoms with Crippen molar-refractivity contribution >= 4 is 15.9 Å². The van der Waals surface area contributed by atoms with Gasteiger partial charge in [-0.05, 0) is 51.3 Å². The Balaban J connectivity index is 2.39. The molecule has 1 aliphatic rings. The molecule has 0 aromatic heterocycles. The lowest BCUT2D eigenvalue weighted by molar-refractivity contribution is 0.0911. The quantitative estimate of drug-likeness (QED) is 0.820. The number of hydrogen-bond donors (Lipinski definition) is 1. The van der Waals surface area contributed by atoms with Crippen LogP contribution in [0.4, 0.5) is 0 Å². The molecule has 146 valence electrons. The number of sulfonamides is 1. The number of rotatable bonds is 6. The summed E-state index contributed by atoms with van der Waals surface area (Å²) in [4.78, 5) is 12.6. The van der Waals surface area contributed by atoms with Crippen LogP contribution in [0.3, 0.4) is 0 Å². The maximum atomic E-state index is 13.2. The minimum atomic E-state index is -3.71. The van der Waals surface area contributed by atoms with E-state index in [4.69, 9.17) is 4.74 Å². The highest BCUT2D eigenvalue weighted by Gasteiger charge is 2.29. The van der Waals surface area contributed by atoms with Gasteiger partial charge in [-0.2, -0.15) is 4.31 Å². The van der Waals surface area contributed by atoms with Crippen LogP contribution < -0.4 is 10.1 Å². The summed E-state index contributed by atoms with van der Waals surface area (Å²) in [7, 11) is -2.26. The fraction of sp³-hybridized carbons (Fsp3) is 0.632. The Bertz CT molecular complexity index is 736. The lowest BCUT2D eigenvalue weighted by Crippen LogP contribution is -2.42. The highest BCUT2D eigenvalue weighted by Crippen LogP contribution is 2.29. The van der Waals surface area contributed by atoms with E-state index in [0.717, 1.165) is 32.1 Å². The predicted octanol–water partition coefficient (Wildman–Crippen LogP) is 3.18. The first-order valence-electron chi connectivity index (χ1n) is 9.22. The van der Waals surface area contributed by atoms with Gasteiger partial charge in [-0.3, -0.25) is 4.79 Å². The van der Waals surface area contributed by atoms with Crippen LogP contribution in [0.2, 0.25) is 0 Å². The zero-order chi connectivity index (χ0) is 19.4. The second-order valence-electron chi connectivity index (χ2n) is 7.38. The van der Waals surface area contributed by atoms with Gasteiger partial charge in [-0.15, -0.1) is 0 Å². The van der Waals surface area contributed by atoms with Gasteiger partial charge >= 0.3 is 0 Å². The first-order valence-corrected chi connectivity index (χ1v) is 10.7. The molecular formula is C19H30N2O4S. The van der Waals surface area contributed by atoms with Crippen molar-refractivity contribution in [2.45, 2.75) is 63.3 Å². The number of amides is 1. The van der Waals surface area contributed by atoms with Gasteiger partial charge in [0, 0.05) is 24.2 Å². The van der Waals surface area contributed by atoms with Gasteiger partial charge in [0.15, 0.2) is 0 Å². The highest BCUT2D eigenvalue weighted by molar-refractivity contribution is 7.89. The standard InChI is InChI=1S/C19H30N2O4S/c1-5-19(2,3)20-18(22)15-10-11-16(25-4)17(14-15)26(23,24)21-12-8-6-7-9-13-21/h10-11,14H,5-9,12-13H2,1-4H3,(H,20,22). The van der Waals surface area contributed by atoms with Crippen molar-refractivity contribution in [3.05, 3.63) is 23.8 Å². The SMILES string of the molecule is CCC(C)(C)NC(=O)c1ccc(OC)c(S(=O)(=O)N2CCCCCC2)c1. The zero-order valence-electron chi connectivity index (χ0n) is 16.2. The van der Waals surface area contributed by atoms with Gasteiger partial charge in [0.25, 0.3) is 5.91 Å². The Hall–Kier alpha value is -1.60. The smallest absolute Gasteiger partial charge is 0.251 e. The molecule has 2 rings (SSSR count). The van der Waals surface area contributed by atoms with Crippen LogP contribution in [0.5, 0.6) is 5.75 Å². The van der Waals surface area contributed by atoms with Crippen LogP contribution >= 0.6 is 0 Å². The predicted molar refractivity (Wildman–Crippen MR) is 102 cm³/mol. The first kappa shape index (κ1) is 20.7. The van der Waals surface area contributed by atoms with Gasteiger partial charge in [-0.1, -0.05) is 19.8 Å². The van der Waals surface area contributed by atoms with Crippen LogP contribution in [-0.2, 0) is 10.0 Å². The summed E-state index contributed by atoms with van der Waals surface area (Å²) in [5.74, 6) is -0.0210. The van der Waals surface area contributed by atoms with Crippen molar-refractivity contribution in [3.63, 3.8) is 0 Å². The van der Waals surface area contributed by atoms with Gasteiger partial charge in [0.05, 0.1) is 7.11 Å². The summed E-state index contributed by atoms with van der Waals surface area (Å²) < 4.78 is 33.1. The van der Waals surface area contributed by atoms with Crippen LogP contribution in [0, 0.1) is 0 Å². The number of nitrogens with zero attached hydrogens (tertiary/aromatic N) is 1. The van der Waals surface area contributed by atoms with E-state index in [9.17, 15) is 13.2 Å². The lowest BCUT2D eigenvalue weighted by Gasteiger charge is -2.25. The maximum absolute atomic E-state index is 13.2. The minimum absolute atomic E-state index is 0.0591. The van der Waals surface area contributed by atoms with E-state index in [0.29, 0.717) is 18.7 Å². The molecule has 6 nitrogen and oxygen atoms in total. The summed E-state index contributed by atoms with van der Waals surface area (Å²) in [6, 6.07) is 4.58. The van der Waals surface area contributed by atoms with Crippen molar-refractivity contribution in [1.82, 2.24) is 9.62 Å². The Morgan fingerprint density at radius 2 is 1.81 bits per heavy atom. The molecule has 0 spiro atoms. The number of carbonyl (C=O) groups is 1. The molecular weight excluding hydrogens is 352 g/mol. The van der Waals surface area contributed by atoms with Crippen molar-refractivity contribution < 1.29 is 17.9 Å². The highest BCUT2D eigenvalue weighted by atomic mass is 32.2. The number of methoxy groups -OCH3 is 1. The number of hydrogen-bond acceptors (Lipinski definition) is 4. The normalized spacial score (nSPS) is 16.8. The van der Waals surface area contributed by atoms with E-state index in [1.807, 2.05) is 20.8 Å². The maximum Gasteiger partial charge on any atom is 0.251 e. The van der Waals surface area contributed by atoms with Crippen LogP contribution in [0.25, 0.3) is 0 Å². The molecule has 1 heterocycles. The largest absolute Gasteiger partial charge is 0.495 e. The van der Waals surface area contributed by atoms with Crippen LogP contribution in [-0.4, -0.2) is 44.4 Å². The molecule has 1 fully saturated rings.